The lowest BCUT2D eigenvalue weighted by Crippen LogP contribution is -2.40. The van der Waals surface area contributed by atoms with E-state index in [1.165, 1.54) is 0 Å². The molecule has 0 saturated heterocycles. The second-order valence-electron chi connectivity index (χ2n) is 6.00. The lowest BCUT2D eigenvalue weighted by Gasteiger charge is -2.38. The first-order valence-electron chi connectivity index (χ1n) is 6.83. The minimum absolute atomic E-state index is 0.0449. The van der Waals surface area contributed by atoms with Crippen LogP contribution in [0.15, 0.2) is 30.3 Å². The first kappa shape index (κ1) is 15.0. The lowest BCUT2D eigenvalue weighted by molar-refractivity contribution is 0.0926. The van der Waals surface area contributed by atoms with Gasteiger partial charge in [0.2, 0.25) is 0 Å². The van der Waals surface area contributed by atoms with Crippen molar-refractivity contribution in [1.29, 1.82) is 0 Å². The van der Waals surface area contributed by atoms with E-state index in [0.717, 1.165) is 22.6 Å². The van der Waals surface area contributed by atoms with Crippen molar-refractivity contribution in [2.75, 3.05) is 0 Å². The Labute approximate surface area is 141 Å². The monoisotopic (exact) mass is 410 g/mol. The molecule has 0 bridgehead atoms. The number of rotatable bonds is 1. The van der Waals surface area contributed by atoms with Crippen molar-refractivity contribution in [3.63, 3.8) is 0 Å². The number of alkyl halides is 2. The lowest BCUT2D eigenvalue weighted by atomic mass is 9.75. The first-order chi connectivity index (χ1) is 9.85. The first-order valence-corrected chi connectivity index (χ1v) is 8.66. The van der Waals surface area contributed by atoms with E-state index in [-0.39, 0.29) is 20.9 Å². The highest BCUT2D eigenvalue weighted by molar-refractivity contribution is 9.10. The third-order valence-electron chi connectivity index (χ3n) is 4.12. The molecule has 0 aliphatic heterocycles. The quantitative estimate of drug-likeness (QED) is 0.642. The van der Waals surface area contributed by atoms with Gasteiger partial charge in [-0.15, -0.1) is 0 Å². The molecule has 1 aliphatic carbocycles. The molecule has 2 atom stereocenters. The molecule has 0 amide bonds. The van der Waals surface area contributed by atoms with Crippen LogP contribution in [-0.2, 0) is 0 Å². The number of hydrogen-bond acceptors (Lipinski definition) is 2. The van der Waals surface area contributed by atoms with Crippen LogP contribution < -0.4 is 0 Å². The summed E-state index contributed by atoms with van der Waals surface area (Å²) in [7, 11) is 0. The Kier molecular flexibility index (Phi) is 3.61. The molecule has 5 heteroatoms. The van der Waals surface area contributed by atoms with Crippen LogP contribution in [0.25, 0.3) is 5.69 Å². The molecule has 0 N–H and O–H groups in total. The fourth-order valence-electron chi connectivity index (χ4n) is 2.80. The molecule has 110 valence electrons. The second-order valence-corrected chi connectivity index (χ2v) is 7.84. The zero-order chi connectivity index (χ0) is 15.4. The van der Waals surface area contributed by atoms with Gasteiger partial charge in [-0.3, -0.25) is 4.79 Å². The van der Waals surface area contributed by atoms with Gasteiger partial charge in [0.15, 0.2) is 5.78 Å². The van der Waals surface area contributed by atoms with E-state index in [2.05, 4.69) is 50.8 Å². The van der Waals surface area contributed by atoms with Crippen molar-refractivity contribution in [3.8, 4) is 5.69 Å². The molecule has 1 aliphatic rings. The minimum atomic E-state index is -0.233. The zero-order valence-electron chi connectivity index (χ0n) is 12.1. The van der Waals surface area contributed by atoms with Gasteiger partial charge in [-0.25, -0.2) is 4.68 Å². The van der Waals surface area contributed by atoms with Gasteiger partial charge in [-0.2, -0.15) is 5.10 Å². The standard InChI is InChI=1S/C16H16Br2N2O/c1-9-11-12(14(17)16(2,3)15(18)13(11)21)20(19-9)10-7-5-4-6-8-10/h4-8,14-15H,1-3H3/t14-,15-/m1/s1. The second kappa shape index (κ2) is 5.06. The van der Waals surface area contributed by atoms with Gasteiger partial charge in [-0.1, -0.05) is 63.9 Å². The molecule has 0 radical (unpaired) electrons. The summed E-state index contributed by atoms with van der Waals surface area (Å²) in [6.45, 7) is 6.07. The van der Waals surface area contributed by atoms with Crippen molar-refractivity contribution in [1.82, 2.24) is 9.78 Å². The van der Waals surface area contributed by atoms with E-state index >= 15 is 0 Å². The Morgan fingerprint density at radius 2 is 1.76 bits per heavy atom. The Bertz CT molecular complexity index is 707. The van der Waals surface area contributed by atoms with E-state index in [1.54, 1.807) is 0 Å². The molecule has 0 unspecified atom stereocenters. The third-order valence-corrected chi connectivity index (χ3v) is 7.33. The number of benzene rings is 1. The predicted molar refractivity (Wildman–Crippen MR) is 90.8 cm³/mol. The normalized spacial score (nSPS) is 24.0. The highest BCUT2D eigenvalue weighted by atomic mass is 79.9. The maximum Gasteiger partial charge on any atom is 0.180 e. The number of nitrogens with zero attached hydrogens (tertiary/aromatic N) is 2. The summed E-state index contributed by atoms with van der Waals surface area (Å²) in [6.07, 6.45) is 0. The van der Waals surface area contributed by atoms with Crippen LogP contribution in [0.4, 0.5) is 0 Å². The summed E-state index contributed by atoms with van der Waals surface area (Å²) >= 11 is 7.36. The third kappa shape index (κ3) is 2.13. The zero-order valence-corrected chi connectivity index (χ0v) is 15.3. The number of para-hydroxylation sites is 1. The number of aromatic nitrogens is 2. The maximum atomic E-state index is 12.7. The van der Waals surface area contributed by atoms with Crippen LogP contribution in [0.5, 0.6) is 0 Å². The number of carbonyl (C=O) groups excluding carboxylic acids is 1. The fraction of sp³-hybridized carbons (Fsp3) is 0.375. The smallest absolute Gasteiger partial charge is 0.180 e. The van der Waals surface area contributed by atoms with Crippen molar-refractivity contribution < 1.29 is 4.79 Å². The van der Waals surface area contributed by atoms with Gasteiger partial charge in [0.1, 0.15) is 0 Å². The Balaban J connectivity index is 2.28. The molecule has 1 aromatic heterocycles. The number of aryl methyl sites for hydroxylation is 1. The van der Waals surface area contributed by atoms with Crippen molar-refractivity contribution in [2.24, 2.45) is 5.41 Å². The molecular weight excluding hydrogens is 396 g/mol. The summed E-state index contributed by atoms with van der Waals surface area (Å²) < 4.78 is 1.89. The van der Waals surface area contributed by atoms with Gasteiger partial charge in [0.25, 0.3) is 0 Å². The van der Waals surface area contributed by atoms with Crippen molar-refractivity contribution >= 4 is 37.6 Å². The Morgan fingerprint density at radius 3 is 2.38 bits per heavy atom. The summed E-state index contributed by atoms with van der Waals surface area (Å²) in [6, 6.07) is 9.94. The van der Waals surface area contributed by atoms with Gasteiger partial charge in [0.05, 0.1) is 32.3 Å². The number of hydrogen-bond donors (Lipinski definition) is 0. The van der Waals surface area contributed by atoms with Gasteiger partial charge in [-0.05, 0) is 19.1 Å². The Morgan fingerprint density at radius 1 is 1.14 bits per heavy atom. The van der Waals surface area contributed by atoms with Crippen LogP contribution >= 0.6 is 31.9 Å². The van der Waals surface area contributed by atoms with E-state index in [0.29, 0.717) is 0 Å². The molecule has 0 saturated carbocycles. The van der Waals surface area contributed by atoms with Gasteiger partial charge >= 0.3 is 0 Å². The average molecular weight is 412 g/mol. The van der Waals surface area contributed by atoms with Crippen LogP contribution in [0.3, 0.4) is 0 Å². The molecule has 0 fully saturated rings. The van der Waals surface area contributed by atoms with E-state index in [1.807, 2.05) is 41.9 Å². The number of Topliss-reactive ketones (excluding diaryl/α,β-unsaturated/α-hetero) is 1. The average Bonchev–Trinajstić information content (AvgIpc) is 2.82. The minimum Gasteiger partial charge on any atom is -0.293 e. The van der Waals surface area contributed by atoms with E-state index in [9.17, 15) is 4.79 Å². The number of ketones is 1. The highest BCUT2D eigenvalue weighted by Crippen LogP contribution is 2.52. The summed E-state index contributed by atoms with van der Waals surface area (Å²) in [5.41, 5.74) is 3.21. The number of carbonyl (C=O) groups is 1. The van der Waals surface area contributed by atoms with E-state index < -0.39 is 0 Å². The number of halogens is 2. The van der Waals surface area contributed by atoms with E-state index in [4.69, 9.17) is 0 Å². The molecule has 0 spiro atoms. The van der Waals surface area contributed by atoms with Crippen molar-refractivity contribution in [3.05, 3.63) is 47.3 Å². The summed E-state index contributed by atoms with van der Waals surface area (Å²) in [5.74, 6) is 0.116. The summed E-state index contributed by atoms with van der Waals surface area (Å²) in [4.78, 5) is 12.6. The van der Waals surface area contributed by atoms with Crippen LogP contribution in [0.1, 0.15) is 40.4 Å². The molecule has 3 rings (SSSR count). The Hall–Kier alpha value is -0.940. The summed E-state index contributed by atoms with van der Waals surface area (Å²) in [5, 5.41) is 4.61. The molecule has 3 nitrogen and oxygen atoms in total. The SMILES string of the molecule is Cc1nn(-c2ccccc2)c2c1C(=O)[C@@H](Br)C(C)(C)[C@@H]2Br. The van der Waals surface area contributed by atoms with Crippen LogP contribution in [-0.4, -0.2) is 20.4 Å². The van der Waals surface area contributed by atoms with Gasteiger partial charge in [0, 0.05) is 5.41 Å². The maximum absolute atomic E-state index is 12.7. The molecular formula is C16H16Br2N2O. The molecule has 1 heterocycles. The fourth-order valence-corrected chi connectivity index (χ4v) is 4.33. The molecule has 2 aromatic rings. The highest BCUT2D eigenvalue weighted by Gasteiger charge is 2.48. The van der Waals surface area contributed by atoms with Crippen LogP contribution in [0, 0.1) is 12.3 Å². The van der Waals surface area contributed by atoms with Crippen molar-refractivity contribution in [2.45, 2.75) is 30.4 Å². The topological polar surface area (TPSA) is 34.9 Å². The predicted octanol–water partition coefficient (Wildman–Crippen LogP) is 4.60. The molecule has 1 aromatic carbocycles. The van der Waals surface area contributed by atoms with Gasteiger partial charge < -0.3 is 0 Å². The largest absolute Gasteiger partial charge is 0.293 e. The van der Waals surface area contributed by atoms with Crippen LogP contribution in [0.2, 0.25) is 0 Å². The molecule has 21 heavy (non-hydrogen) atoms. The number of fused-ring (bicyclic) bond motifs is 1.